The minimum Gasteiger partial charge on any atom is -0.352 e. The smallest absolute Gasteiger partial charge is 0.244 e. The lowest BCUT2D eigenvalue weighted by Gasteiger charge is -2.34. The van der Waals surface area contributed by atoms with Crippen molar-refractivity contribution in [2.24, 2.45) is 0 Å². The van der Waals surface area contributed by atoms with Crippen molar-refractivity contribution < 1.29 is 18.0 Å². The molecule has 11 heteroatoms. The molecule has 2 aromatic rings. The van der Waals surface area contributed by atoms with Crippen molar-refractivity contribution in [3.05, 3.63) is 62.6 Å². The molecule has 1 atom stereocenters. The molecule has 7 nitrogen and oxygen atoms in total. The average Bonchev–Trinajstić information content (AvgIpc) is 2.85. The van der Waals surface area contributed by atoms with E-state index in [0.29, 0.717) is 38.3 Å². The zero-order chi connectivity index (χ0) is 28.0. The Morgan fingerprint density at radius 1 is 1.05 bits per heavy atom. The van der Waals surface area contributed by atoms with Crippen molar-refractivity contribution in [2.75, 3.05) is 17.1 Å². The van der Waals surface area contributed by atoms with E-state index in [1.807, 2.05) is 6.92 Å². The third kappa shape index (κ3) is 7.78. The summed E-state index contributed by atoms with van der Waals surface area (Å²) < 4.78 is 26.7. The second-order valence-electron chi connectivity index (χ2n) is 9.69. The van der Waals surface area contributed by atoms with Crippen LogP contribution in [0.15, 0.2) is 36.4 Å². The third-order valence-electron chi connectivity index (χ3n) is 6.85. The van der Waals surface area contributed by atoms with Gasteiger partial charge in [-0.05, 0) is 56.0 Å². The van der Waals surface area contributed by atoms with Gasteiger partial charge in [0.25, 0.3) is 0 Å². The van der Waals surface area contributed by atoms with E-state index in [0.717, 1.165) is 42.7 Å². The summed E-state index contributed by atoms with van der Waals surface area (Å²) in [7, 11) is -3.88. The first-order valence-electron chi connectivity index (χ1n) is 12.7. The van der Waals surface area contributed by atoms with Gasteiger partial charge in [0.2, 0.25) is 21.8 Å². The lowest BCUT2D eigenvalue weighted by molar-refractivity contribution is -0.140. The maximum absolute atomic E-state index is 13.9. The highest BCUT2D eigenvalue weighted by atomic mass is 35.5. The van der Waals surface area contributed by atoms with Crippen molar-refractivity contribution >= 4 is 62.3 Å². The summed E-state index contributed by atoms with van der Waals surface area (Å²) in [5, 5.41) is 4.14. The van der Waals surface area contributed by atoms with Crippen LogP contribution in [0.2, 0.25) is 15.1 Å². The van der Waals surface area contributed by atoms with E-state index in [4.69, 9.17) is 34.8 Å². The molecule has 1 fully saturated rings. The molecule has 0 radical (unpaired) electrons. The minimum absolute atomic E-state index is 0.0489. The third-order valence-corrected chi connectivity index (χ3v) is 8.92. The number of hydrogen-bond donors (Lipinski definition) is 1. The van der Waals surface area contributed by atoms with E-state index < -0.39 is 28.5 Å². The van der Waals surface area contributed by atoms with Crippen LogP contribution in [0.1, 0.15) is 56.6 Å². The van der Waals surface area contributed by atoms with Gasteiger partial charge in [0.15, 0.2) is 0 Å². The SMILES string of the molecule is CC[C@H](C(=O)NC1CCCCC1)N(Cc1c(Cl)cccc1Cl)C(=O)CN(c1cc(Cl)ccc1C)S(C)(=O)=O. The van der Waals surface area contributed by atoms with Crippen LogP contribution in [0.4, 0.5) is 5.69 Å². The molecule has 0 bridgehead atoms. The fourth-order valence-corrected chi connectivity index (χ4v) is 6.35. The predicted octanol–water partition coefficient (Wildman–Crippen LogP) is 5.98. The summed E-state index contributed by atoms with van der Waals surface area (Å²) in [5.74, 6) is -0.836. The molecule has 0 aliphatic heterocycles. The molecule has 1 aliphatic carbocycles. The van der Waals surface area contributed by atoms with Gasteiger partial charge in [0.1, 0.15) is 12.6 Å². The zero-order valence-electron chi connectivity index (χ0n) is 21.8. The van der Waals surface area contributed by atoms with Gasteiger partial charge >= 0.3 is 0 Å². The predicted molar refractivity (Wildman–Crippen MR) is 154 cm³/mol. The van der Waals surface area contributed by atoms with Crippen LogP contribution in [0, 0.1) is 6.92 Å². The molecule has 2 amide bonds. The van der Waals surface area contributed by atoms with Crippen molar-refractivity contribution in [1.29, 1.82) is 0 Å². The molecule has 0 aromatic heterocycles. The number of benzene rings is 2. The molecule has 0 unspecified atom stereocenters. The van der Waals surface area contributed by atoms with E-state index in [1.54, 1.807) is 37.3 Å². The molecule has 0 spiro atoms. The fraction of sp³-hybridized carbons (Fsp3) is 0.481. The van der Waals surface area contributed by atoms with Crippen molar-refractivity contribution in [2.45, 2.75) is 71.0 Å². The van der Waals surface area contributed by atoms with E-state index in [-0.39, 0.29) is 18.5 Å². The second kappa shape index (κ2) is 13.4. The molecular weight excluding hydrogens is 569 g/mol. The number of aryl methyl sites for hydroxylation is 1. The summed E-state index contributed by atoms with van der Waals surface area (Å²) in [6, 6.07) is 9.06. The first-order valence-corrected chi connectivity index (χ1v) is 15.7. The van der Waals surface area contributed by atoms with Gasteiger partial charge in [-0.2, -0.15) is 0 Å². The van der Waals surface area contributed by atoms with Gasteiger partial charge < -0.3 is 10.2 Å². The molecule has 1 aliphatic rings. The number of rotatable bonds is 10. The Balaban J connectivity index is 1.99. The Hall–Kier alpha value is -2.00. The number of carbonyl (C=O) groups is 2. The quantitative estimate of drug-likeness (QED) is 0.363. The van der Waals surface area contributed by atoms with Crippen LogP contribution >= 0.6 is 34.8 Å². The highest BCUT2D eigenvalue weighted by Crippen LogP contribution is 2.29. The largest absolute Gasteiger partial charge is 0.352 e. The Morgan fingerprint density at radius 3 is 2.26 bits per heavy atom. The van der Waals surface area contributed by atoms with Gasteiger partial charge in [-0.1, -0.05) is 73.1 Å². The van der Waals surface area contributed by atoms with Crippen LogP contribution in [-0.2, 0) is 26.2 Å². The van der Waals surface area contributed by atoms with E-state index in [2.05, 4.69) is 5.32 Å². The molecule has 1 N–H and O–H groups in total. The first-order chi connectivity index (χ1) is 17.9. The Morgan fingerprint density at radius 2 is 1.68 bits per heavy atom. The molecular formula is C27H34Cl3N3O4S. The lowest BCUT2D eigenvalue weighted by atomic mass is 9.95. The summed E-state index contributed by atoms with van der Waals surface area (Å²) in [6.07, 6.45) is 6.36. The molecule has 3 rings (SSSR count). The monoisotopic (exact) mass is 601 g/mol. The average molecular weight is 603 g/mol. The molecule has 208 valence electrons. The number of nitrogens with zero attached hydrogens (tertiary/aromatic N) is 2. The van der Waals surface area contributed by atoms with Crippen molar-refractivity contribution in [3.8, 4) is 0 Å². The summed E-state index contributed by atoms with van der Waals surface area (Å²) in [6.45, 7) is 2.98. The number of amides is 2. The van der Waals surface area contributed by atoms with Crippen LogP contribution in [-0.4, -0.2) is 50.0 Å². The van der Waals surface area contributed by atoms with Gasteiger partial charge in [-0.15, -0.1) is 0 Å². The van der Waals surface area contributed by atoms with Crippen LogP contribution in [0.25, 0.3) is 0 Å². The Labute approximate surface area is 240 Å². The fourth-order valence-electron chi connectivity index (χ4n) is 4.76. The standard InChI is InChI=1S/C27H34Cl3N3O4S/c1-4-24(27(35)31-20-9-6-5-7-10-20)32(16-21-22(29)11-8-12-23(21)30)26(34)17-33(38(3,36)37)25-15-19(28)14-13-18(25)2/h8,11-15,20,24H,4-7,9-10,16-17H2,1-3H3,(H,31,35)/t24-/m1/s1. The zero-order valence-corrected chi connectivity index (χ0v) is 24.9. The molecule has 0 heterocycles. The van der Waals surface area contributed by atoms with Gasteiger partial charge in [-0.25, -0.2) is 8.42 Å². The van der Waals surface area contributed by atoms with Crippen molar-refractivity contribution in [3.63, 3.8) is 0 Å². The second-order valence-corrected chi connectivity index (χ2v) is 12.8. The van der Waals surface area contributed by atoms with Crippen molar-refractivity contribution in [1.82, 2.24) is 10.2 Å². The summed E-state index contributed by atoms with van der Waals surface area (Å²) >= 11 is 19.0. The number of halogens is 3. The number of carbonyl (C=O) groups excluding carboxylic acids is 2. The summed E-state index contributed by atoms with van der Waals surface area (Å²) in [4.78, 5) is 28.8. The number of hydrogen-bond acceptors (Lipinski definition) is 4. The molecule has 38 heavy (non-hydrogen) atoms. The minimum atomic E-state index is -3.88. The number of anilines is 1. The van der Waals surface area contributed by atoms with Gasteiger partial charge in [0, 0.05) is 33.2 Å². The van der Waals surface area contributed by atoms with E-state index >= 15 is 0 Å². The van der Waals surface area contributed by atoms with Gasteiger partial charge in [-0.3, -0.25) is 13.9 Å². The number of sulfonamides is 1. The molecule has 2 aromatic carbocycles. The first kappa shape index (κ1) is 30.5. The van der Waals surface area contributed by atoms with E-state index in [1.165, 1.54) is 11.0 Å². The van der Waals surface area contributed by atoms with Crippen LogP contribution < -0.4 is 9.62 Å². The normalized spacial score (nSPS) is 15.1. The lowest BCUT2D eigenvalue weighted by Crippen LogP contribution is -2.54. The molecule has 1 saturated carbocycles. The van der Waals surface area contributed by atoms with E-state index in [9.17, 15) is 18.0 Å². The maximum Gasteiger partial charge on any atom is 0.244 e. The Kier molecular flexibility index (Phi) is 10.7. The highest BCUT2D eigenvalue weighted by Gasteiger charge is 2.34. The molecule has 0 saturated heterocycles. The summed E-state index contributed by atoms with van der Waals surface area (Å²) in [5.41, 5.74) is 1.41. The highest BCUT2D eigenvalue weighted by molar-refractivity contribution is 7.92. The van der Waals surface area contributed by atoms with Gasteiger partial charge in [0.05, 0.1) is 11.9 Å². The van der Waals surface area contributed by atoms with Crippen LogP contribution in [0.3, 0.4) is 0 Å². The number of nitrogens with one attached hydrogen (secondary N) is 1. The maximum atomic E-state index is 13.9. The topological polar surface area (TPSA) is 86.8 Å². The van der Waals surface area contributed by atoms with Crippen LogP contribution in [0.5, 0.6) is 0 Å². The Bertz CT molecular complexity index is 1250.